The predicted molar refractivity (Wildman–Crippen MR) is 90.3 cm³/mol. The number of benzene rings is 1. The van der Waals surface area contributed by atoms with Crippen molar-refractivity contribution in [1.82, 2.24) is 5.32 Å². The lowest BCUT2D eigenvalue weighted by molar-refractivity contribution is 0.456. The summed E-state index contributed by atoms with van der Waals surface area (Å²) in [6.45, 7) is 7.91. The fourth-order valence-electron chi connectivity index (χ4n) is 4.57. The number of fused-ring (bicyclic) bond motifs is 1. The van der Waals surface area contributed by atoms with Crippen molar-refractivity contribution in [2.24, 2.45) is 23.7 Å². The second-order valence-corrected chi connectivity index (χ2v) is 7.56. The Morgan fingerprint density at radius 3 is 2.19 bits per heavy atom. The lowest BCUT2D eigenvalue weighted by Gasteiger charge is -2.19. The zero-order valence-electron chi connectivity index (χ0n) is 13.9. The minimum Gasteiger partial charge on any atom is -0.310 e. The van der Waals surface area contributed by atoms with Crippen LogP contribution in [0.2, 0.25) is 0 Å². The van der Waals surface area contributed by atoms with Crippen LogP contribution in [-0.4, -0.2) is 6.54 Å². The van der Waals surface area contributed by atoms with Gasteiger partial charge in [-0.1, -0.05) is 57.9 Å². The Kier molecular flexibility index (Phi) is 4.69. The normalized spacial score (nSPS) is 29.2. The molecule has 0 heterocycles. The lowest BCUT2D eigenvalue weighted by Crippen LogP contribution is -2.23. The molecule has 3 rings (SSSR count). The van der Waals surface area contributed by atoms with Crippen LogP contribution < -0.4 is 5.32 Å². The minimum atomic E-state index is 0.594. The van der Waals surface area contributed by atoms with Crippen molar-refractivity contribution >= 4 is 0 Å². The van der Waals surface area contributed by atoms with Crippen molar-refractivity contribution in [2.75, 3.05) is 6.54 Å². The van der Waals surface area contributed by atoms with E-state index in [1.165, 1.54) is 43.2 Å². The summed E-state index contributed by atoms with van der Waals surface area (Å²) in [4.78, 5) is 0. The molecule has 2 aliphatic carbocycles. The molecule has 1 aromatic rings. The third-order valence-electron chi connectivity index (χ3n) is 5.51. The smallest absolute Gasteiger partial charge is 0.0354 e. The van der Waals surface area contributed by atoms with Crippen LogP contribution in [-0.2, 0) is 6.42 Å². The van der Waals surface area contributed by atoms with Crippen LogP contribution in [0.3, 0.4) is 0 Å². The van der Waals surface area contributed by atoms with Crippen LogP contribution in [0.4, 0.5) is 0 Å². The Balaban J connectivity index is 1.72. The number of nitrogens with one attached hydrogen (secondary N) is 1. The summed E-state index contributed by atoms with van der Waals surface area (Å²) in [6, 6.07) is 10.1. The highest BCUT2D eigenvalue weighted by Crippen LogP contribution is 2.60. The summed E-state index contributed by atoms with van der Waals surface area (Å²) in [5.74, 6) is 3.67. The van der Waals surface area contributed by atoms with Gasteiger partial charge in [0.2, 0.25) is 0 Å². The maximum Gasteiger partial charge on any atom is 0.0354 e. The van der Waals surface area contributed by atoms with Crippen LogP contribution in [0.15, 0.2) is 24.3 Å². The zero-order valence-corrected chi connectivity index (χ0v) is 13.9. The van der Waals surface area contributed by atoms with Gasteiger partial charge in [-0.25, -0.2) is 0 Å². The topological polar surface area (TPSA) is 12.0 Å². The molecule has 2 saturated carbocycles. The van der Waals surface area contributed by atoms with Crippen LogP contribution in [0, 0.1) is 23.7 Å². The second kappa shape index (κ2) is 6.52. The number of hydrogen-bond donors (Lipinski definition) is 1. The van der Waals surface area contributed by atoms with E-state index < -0.39 is 0 Å². The summed E-state index contributed by atoms with van der Waals surface area (Å²) < 4.78 is 0. The quantitative estimate of drug-likeness (QED) is 0.778. The molecule has 0 bridgehead atoms. The Labute approximate surface area is 130 Å². The largest absolute Gasteiger partial charge is 0.310 e. The molecule has 1 aromatic carbocycles. The van der Waals surface area contributed by atoms with E-state index >= 15 is 0 Å². The van der Waals surface area contributed by atoms with E-state index in [1.807, 2.05) is 0 Å². The molecule has 0 spiro atoms. The Morgan fingerprint density at radius 1 is 1.05 bits per heavy atom. The van der Waals surface area contributed by atoms with Gasteiger partial charge in [0.1, 0.15) is 0 Å². The molecule has 1 nitrogen and oxygen atoms in total. The molecular formula is C20H31N. The highest BCUT2D eigenvalue weighted by molar-refractivity contribution is 5.28. The van der Waals surface area contributed by atoms with E-state index in [0.29, 0.717) is 6.04 Å². The average Bonchev–Trinajstić information content (AvgIpc) is 3.19. The molecule has 2 aliphatic rings. The monoisotopic (exact) mass is 285 g/mol. The van der Waals surface area contributed by atoms with Crippen molar-refractivity contribution < 1.29 is 0 Å². The van der Waals surface area contributed by atoms with E-state index in [0.717, 1.165) is 30.2 Å². The van der Waals surface area contributed by atoms with E-state index in [2.05, 4.69) is 50.4 Å². The van der Waals surface area contributed by atoms with E-state index in [4.69, 9.17) is 0 Å². The Bertz CT molecular complexity index is 435. The molecular weight excluding hydrogens is 254 g/mol. The number of hydrogen-bond acceptors (Lipinski definition) is 1. The highest BCUT2D eigenvalue weighted by Gasteiger charge is 2.54. The van der Waals surface area contributed by atoms with Crippen LogP contribution in [0.5, 0.6) is 0 Å². The molecule has 0 radical (unpaired) electrons. The fourth-order valence-corrected chi connectivity index (χ4v) is 4.57. The standard InChI is InChI=1S/C20H31N/c1-4-21-20(19-17-7-5-6-8-18(17)19)16-11-9-15(10-12-16)13-14(2)3/h9-12,14,17-21H,4-8,13H2,1-3H3. The molecule has 3 atom stereocenters. The van der Waals surface area contributed by atoms with Gasteiger partial charge < -0.3 is 5.32 Å². The van der Waals surface area contributed by atoms with Crippen molar-refractivity contribution in [3.63, 3.8) is 0 Å². The summed E-state index contributed by atoms with van der Waals surface area (Å²) in [5.41, 5.74) is 3.00. The summed E-state index contributed by atoms with van der Waals surface area (Å²) in [6.07, 6.45) is 7.07. The molecule has 2 fully saturated rings. The van der Waals surface area contributed by atoms with Gasteiger partial charge >= 0.3 is 0 Å². The van der Waals surface area contributed by atoms with Gasteiger partial charge in [0.05, 0.1) is 0 Å². The van der Waals surface area contributed by atoms with E-state index in [1.54, 1.807) is 0 Å². The summed E-state index contributed by atoms with van der Waals surface area (Å²) >= 11 is 0. The van der Waals surface area contributed by atoms with Crippen molar-refractivity contribution in [2.45, 2.75) is 58.9 Å². The molecule has 3 unspecified atom stereocenters. The first-order chi connectivity index (χ1) is 10.2. The summed E-state index contributed by atoms with van der Waals surface area (Å²) in [7, 11) is 0. The molecule has 1 heteroatoms. The number of rotatable bonds is 6. The Morgan fingerprint density at radius 2 is 1.67 bits per heavy atom. The summed E-state index contributed by atoms with van der Waals surface area (Å²) in [5, 5.41) is 3.78. The van der Waals surface area contributed by atoms with E-state index in [-0.39, 0.29) is 0 Å². The van der Waals surface area contributed by atoms with Gasteiger partial charge in [-0.15, -0.1) is 0 Å². The van der Waals surface area contributed by atoms with Gasteiger partial charge in [-0.2, -0.15) is 0 Å². The van der Waals surface area contributed by atoms with Crippen molar-refractivity contribution in [3.8, 4) is 0 Å². The van der Waals surface area contributed by atoms with Crippen LogP contribution in [0.25, 0.3) is 0 Å². The van der Waals surface area contributed by atoms with Gasteiger partial charge in [0.25, 0.3) is 0 Å². The molecule has 116 valence electrons. The first-order valence-electron chi connectivity index (χ1n) is 9.03. The molecule has 0 amide bonds. The molecule has 1 N–H and O–H groups in total. The molecule has 0 saturated heterocycles. The van der Waals surface area contributed by atoms with Crippen LogP contribution in [0.1, 0.15) is 63.6 Å². The zero-order chi connectivity index (χ0) is 14.8. The lowest BCUT2D eigenvalue weighted by atomic mass is 9.96. The van der Waals surface area contributed by atoms with Gasteiger partial charge in [0.15, 0.2) is 0 Å². The van der Waals surface area contributed by atoms with Crippen molar-refractivity contribution in [1.29, 1.82) is 0 Å². The molecule has 0 aromatic heterocycles. The maximum absolute atomic E-state index is 3.78. The third kappa shape index (κ3) is 3.34. The first-order valence-corrected chi connectivity index (χ1v) is 9.03. The second-order valence-electron chi connectivity index (χ2n) is 7.56. The first kappa shape index (κ1) is 15.1. The molecule has 0 aliphatic heterocycles. The predicted octanol–water partition coefficient (Wildman–Crippen LogP) is 4.97. The third-order valence-corrected chi connectivity index (χ3v) is 5.51. The van der Waals surface area contributed by atoms with Crippen molar-refractivity contribution in [3.05, 3.63) is 35.4 Å². The Hall–Kier alpha value is -0.820. The maximum atomic E-state index is 3.78. The van der Waals surface area contributed by atoms with Crippen LogP contribution >= 0.6 is 0 Å². The highest BCUT2D eigenvalue weighted by atomic mass is 14.9. The minimum absolute atomic E-state index is 0.594. The fraction of sp³-hybridized carbons (Fsp3) is 0.700. The van der Waals surface area contributed by atoms with E-state index in [9.17, 15) is 0 Å². The van der Waals surface area contributed by atoms with Gasteiger partial charge in [0, 0.05) is 6.04 Å². The van der Waals surface area contributed by atoms with Gasteiger partial charge in [-0.05, 0) is 60.6 Å². The SMILES string of the molecule is CCNC(c1ccc(CC(C)C)cc1)C1C2CCCCC21. The van der Waals surface area contributed by atoms with Gasteiger partial charge in [-0.3, -0.25) is 0 Å². The molecule has 21 heavy (non-hydrogen) atoms. The average molecular weight is 285 g/mol.